The minimum absolute atomic E-state index is 0.0769. The lowest BCUT2D eigenvalue weighted by atomic mass is 10.2. The molecule has 4 nitrogen and oxygen atoms in total. The maximum Gasteiger partial charge on any atom is 0.417 e. The van der Waals surface area contributed by atoms with Crippen molar-refractivity contribution in [1.82, 2.24) is 4.31 Å². The van der Waals surface area contributed by atoms with E-state index >= 15 is 0 Å². The van der Waals surface area contributed by atoms with Crippen LogP contribution in [-0.2, 0) is 16.2 Å². The molecule has 1 aromatic rings. The van der Waals surface area contributed by atoms with Crippen LogP contribution in [0.3, 0.4) is 0 Å². The highest BCUT2D eigenvalue weighted by Gasteiger charge is 2.36. The van der Waals surface area contributed by atoms with E-state index in [9.17, 15) is 26.7 Å². The van der Waals surface area contributed by atoms with E-state index in [-0.39, 0.29) is 19.5 Å². The molecule has 0 amide bonds. The van der Waals surface area contributed by atoms with Crippen LogP contribution in [0.15, 0.2) is 23.1 Å². The first kappa shape index (κ1) is 15.6. The van der Waals surface area contributed by atoms with Gasteiger partial charge >= 0.3 is 6.18 Å². The van der Waals surface area contributed by atoms with E-state index in [1.54, 1.807) is 0 Å². The van der Waals surface area contributed by atoms with Crippen molar-refractivity contribution in [2.75, 3.05) is 13.1 Å². The molecule has 1 aliphatic rings. The number of aliphatic hydroxyl groups excluding tert-OH is 1. The Hall–Kier alpha value is -0.830. The van der Waals surface area contributed by atoms with Crippen LogP contribution in [0, 0.1) is 0 Å². The highest BCUT2D eigenvalue weighted by atomic mass is 35.5. The second kappa shape index (κ2) is 5.18. The summed E-state index contributed by atoms with van der Waals surface area (Å²) in [5.74, 6) is 0. The van der Waals surface area contributed by atoms with Crippen LogP contribution in [-0.4, -0.2) is 37.0 Å². The van der Waals surface area contributed by atoms with E-state index in [0.29, 0.717) is 6.07 Å². The second-order valence-electron chi connectivity index (χ2n) is 4.44. The Balaban J connectivity index is 2.43. The zero-order chi connectivity index (χ0) is 15.1. The summed E-state index contributed by atoms with van der Waals surface area (Å²) in [6.07, 6.45) is -5.26. The van der Waals surface area contributed by atoms with Crippen molar-refractivity contribution in [2.45, 2.75) is 23.6 Å². The first-order valence-corrected chi connectivity index (χ1v) is 7.49. The summed E-state index contributed by atoms with van der Waals surface area (Å²) in [6, 6.07) is 2.45. The van der Waals surface area contributed by atoms with Crippen molar-refractivity contribution < 1.29 is 26.7 Å². The minimum Gasteiger partial charge on any atom is -0.392 e. The number of β-amino-alcohol motifs (C(OH)–C–C–N with tert-alkyl or cyclic N) is 1. The number of alkyl halides is 3. The van der Waals surface area contributed by atoms with Crippen LogP contribution in [0.1, 0.15) is 12.0 Å². The van der Waals surface area contributed by atoms with Gasteiger partial charge in [0.15, 0.2) is 0 Å². The third kappa shape index (κ3) is 2.93. The molecule has 0 saturated carbocycles. The average Bonchev–Trinajstić information content (AvgIpc) is 2.75. The standard InChI is InChI=1S/C11H11ClF3NO3S/c12-10-2-1-8(5-9(10)11(13,14)15)20(18,19)16-4-3-7(17)6-16/h1-2,5,7,17H,3-4,6H2/t7-/m1/s1. The summed E-state index contributed by atoms with van der Waals surface area (Å²) < 4.78 is 63.5. The molecule has 1 heterocycles. The van der Waals surface area contributed by atoms with Gasteiger partial charge in [0, 0.05) is 13.1 Å². The Bertz CT molecular complexity index is 618. The summed E-state index contributed by atoms with van der Waals surface area (Å²) in [5.41, 5.74) is -1.19. The van der Waals surface area contributed by atoms with E-state index in [1.165, 1.54) is 0 Å². The third-order valence-corrected chi connectivity index (χ3v) is 5.20. The Labute approximate surface area is 118 Å². The molecule has 0 bridgehead atoms. The van der Waals surface area contributed by atoms with Crippen LogP contribution in [0.2, 0.25) is 5.02 Å². The van der Waals surface area contributed by atoms with Crippen molar-refractivity contribution in [1.29, 1.82) is 0 Å². The fourth-order valence-electron chi connectivity index (χ4n) is 1.96. The molecular formula is C11H11ClF3NO3S. The largest absolute Gasteiger partial charge is 0.417 e. The molecule has 0 aromatic heterocycles. The molecule has 9 heteroatoms. The van der Waals surface area contributed by atoms with E-state index in [0.717, 1.165) is 16.4 Å². The van der Waals surface area contributed by atoms with Gasteiger partial charge in [-0.05, 0) is 24.6 Å². The monoisotopic (exact) mass is 329 g/mol. The zero-order valence-corrected chi connectivity index (χ0v) is 11.6. The lowest BCUT2D eigenvalue weighted by molar-refractivity contribution is -0.137. The topological polar surface area (TPSA) is 57.6 Å². The Morgan fingerprint density at radius 1 is 1.35 bits per heavy atom. The number of nitrogens with zero attached hydrogens (tertiary/aromatic N) is 1. The SMILES string of the molecule is O=S(=O)(c1ccc(Cl)c(C(F)(F)F)c1)N1CC[C@@H](O)C1. The summed E-state index contributed by atoms with van der Waals surface area (Å²) in [4.78, 5) is -0.483. The van der Waals surface area contributed by atoms with Gasteiger partial charge in [-0.25, -0.2) is 8.42 Å². The van der Waals surface area contributed by atoms with Crippen LogP contribution < -0.4 is 0 Å². The predicted molar refractivity (Wildman–Crippen MR) is 65.8 cm³/mol. The van der Waals surface area contributed by atoms with Crippen LogP contribution in [0.4, 0.5) is 13.2 Å². The average molecular weight is 330 g/mol. The molecule has 0 unspecified atom stereocenters. The van der Waals surface area contributed by atoms with Crippen LogP contribution >= 0.6 is 11.6 Å². The fraction of sp³-hybridized carbons (Fsp3) is 0.455. The van der Waals surface area contributed by atoms with Gasteiger partial charge in [-0.1, -0.05) is 11.6 Å². The summed E-state index contributed by atoms with van der Waals surface area (Å²) in [6.45, 7) is -0.0419. The van der Waals surface area contributed by atoms with E-state index in [2.05, 4.69) is 0 Å². The molecule has 0 aliphatic carbocycles. The maximum atomic E-state index is 12.7. The van der Waals surface area contributed by atoms with Gasteiger partial charge in [0.1, 0.15) is 0 Å². The van der Waals surface area contributed by atoms with Gasteiger partial charge < -0.3 is 5.11 Å². The van der Waals surface area contributed by atoms with Crippen LogP contribution in [0.25, 0.3) is 0 Å². The predicted octanol–water partition coefficient (Wildman–Crippen LogP) is 2.11. The summed E-state index contributed by atoms with van der Waals surface area (Å²) in [7, 11) is -4.06. The van der Waals surface area contributed by atoms with Gasteiger partial charge in [0.25, 0.3) is 0 Å². The number of hydrogen-bond acceptors (Lipinski definition) is 3. The number of rotatable bonds is 2. The van der Waals surface area contributed by atoms with Crippen molar-refractivity contribution >= 4 is 21.6 Å². The highest BCUT2D eigenvalue weighted by molar-refractivity contribution is 7.89. The third-order valence-electron chi connectivity index (χ3n) is 3.01. The Morgan fingerprint density at radius 2 is 2.00 bits per heavy atom. The maximum absolute atomic E-state index is 12.7. The fourth-order valence-corrected chi connectivity index (χ4v) is 3.70. The Kier molecular flexibility index (Phi) is 4.03. The van der Waals surface area contributed by atoms with Crippen molar-refractivity contribution in [3.05, 3.63) is 28.8 Å². The molecule has 0 radical (unpaired) electrons. The number of sulfonamides is 1. The van der Waals surface area contributed by atoms with Gasteiger partial charge in [-0.2, -0.15) is 17.5 Å². The highest BCUT2D eigenvalue weighted by Crippen LogP contribution is 2.36. The molecule has 2 rings (SSSR count). The lowest BCUT2D eigenvalue weighted by Gasteiger charge is -2.17. The molecule has 1 fully saturated rings. The molecule has 1 aliphatic heterocycles. The number of halogens is 4. The van der Waals surface area contributed by atoms with Gasteiger partial charge in [-0.15, -0.1) is 0 Å². The summed E-state index contributed by atoms with van der Waals surface area (Å²) in [5, 5.41) is 8.77. The van der Waals surface area contributed by atoms with E-state index < -0.39 is 37.8 Å². The van der Waals surface area contributed by atoms with E-state index in [1.807, 2.05) is 0 Å². The number of aliphatic hydroxyl groups is 1. The number of benzene rings is 1. The van der Waals surface area contributed by atoms with Crippen LogP contribution in [0.5, 0.6) is 0 Å². The first-order chi connectivity index (χ1) is 9.12. The van der Waals surface area contributed by atoms with Crippen molar-refractivity contribution in [3.63, 3.8) is 0 Å². The van der Waals surface area contributed by atoms with Gasteiger partial charge in [0.05, 0.1) is 21.6 Å². The molecule has 112 valence electrons. The molecule has 1 N–H and O–H groups in total. The van der Waals surface area contributed by atoms with Crippen molar-refractivity contribution in [3.8, 4) is 0 Å². The molecule has 1 atom stereocenters. The van der Waals surface area contributed by atoms with E-state index in [4.69, 9.17) is 11.6 Å². The van der Waals surface area contributed by atoms with Crippen molar-refractivity contribution in [2.24, 2.45) is 0 Å². The smallest absolute Gasteiger partial charge is 0.392 e. The second-order valence-corrected chi connectivity index (χ2v) is 6.79. The Morgan fingerprint density at radius 3 is 2.50 bits per heavy atom. The molecule has 0 spiro atoms. The lowest BCUT2D eigenvalue weighted by Crippen LogP contribution is -2.30. The normalized spacial score (nSPS) is 21.4. The quantitative estimate of drug-likeness (QED) is 0.904. The van der Waals surface area contributed by atoms with Gasteiger partial charge in [0.2, 0.25) is 10.0 Å². The van der Waals surface area contributed by atoms with Gasteiger partial charge in [-0.3, -0.25) is 0 Å². The molecular weight excluding hydrogens is 319 g/mol. The molecule has 1 aromatic carbocycles. The number of hydrogen-bond donors (Lipinski definition) is 1. The molecule has 20 heavy (non-hydrogen) atoms. The summed E-state index contributed by atoms with van der Waals surface area (Å²) >= 11 is 5.45. The molecule has 1 saturated heterocycles. The zero-order valence-electron chi connectivity index (χ0n) is 10.1. The first-order valence-electron chi connectivity index (χ1n) is 5.67. The minimum atomic E-state index is -4.73.